The van der Waals surface area contributed by atoms with Gasteiger partial charge < -0.3 is 20.1 Å². The van der Waals surface area contributed by atoms with Crippen molar-refractivity contribution in [3.63, 3.8) is 0 Å². The lowest BCUT2D eigenvalue weighted by atomic mass is 10.1. The van der Waals surface area contributed by atoms with Crippen LogP contribution in [0.15, 0.2) is 53.3 Å². The van der Waals surface area contributed by atoms with E-state index in [1.807, 2.05) is 31.2 Å². The first-order valence-corrected chi connectivity index (χ1v) is 9.73. The quantitative estimate of drug-likeness (QED) is 0.735. The molecule has 2 aromatic rings. The molecule has 1 unspecified atom stereocenters. The SMILES string of the molecule is COc1ccc(CN2C(=O)C(Cl)=C(OCc3ccc(F)cc3CN)CC2C)cc1. The molecular formula is C22H24ClFN2O3. The van der Waals surface area contributed by atoms with Crippen LogP contribution in [0.4, 0.5) is 4.39 Å². The topological polar surface area (TPSA) is 64.8 Å². The summed E-state index contributed by atoms with van der Waals surface area (Å²) in [6, 6.07) is 11.9. The van der Waals surface area contributed by atoms with E-state index in [1.165, 1.54) is 12.1 Å². The van der Waals surface area contributed by atoms with Crippen molar-refractivity contribution in [2.24, 2.45) is 5.73 Å². The van der Waals surface area contributed by atoms with E-state index in [-0.39, 0.29) is 36.0 Å². The third kappa shape index (κ3) is 4.89. The van der Waals surface area contributed by atoms with Crippen LogP contribution in [0.3, 0.4) is 0 Å². The van der Waals surface area contributed by atoms with E-state index < -0.39 is 0 Å². The minimum atomic E-state index is -0.345. The maximum atomic E-state index is 13.4. The fourth-order valence-electron chi connectivity index (χ4n) is 3.28. The first kappa shape index (κ1) is 21.1. The van der Waals surface area contributed by atoms with E-state index in [1.54, 1.807) is 18.1 Å². The van der Waals surface area contributed by atoms with Crippen LogP contribution in [-0.4, -0.2) is 24.0 Å². The Labute approximate surface area is 174 Å². The van der Waals surface area contributed by atoms with Gasteiger partial charge in [0.1, 0.15) is 29.0 Å². The molecule has 1 atom stereocenters. The van der Waals surface area contributed by atoms with Crippen LogP contribution in [0.5, 0.6) is 5.75 Å². The number of nitrogens with two attached hydrogens (primary N) is 1. The smallest absolute Gasteiger partial charge is 0.269 e. The molecule has 1 aliphatic heterocycles. The molecule has 3 rings (SSSR count). The average molecular weight is 419 g/mol. The molecule has 1 amide bonds. The Morgan fingerprint density at radius 3 is 2.59 bits per heavy atom. The molecule has 0 spiro atoms. The lowest BCUT2D eigenvalue weighted by Gasteiger charge is -2.34. The van der Waals surface area contributed by atoms with Gasteiger partial charge in [-0.15, -0.1) is 0 Å². The number of methoxy groups -OCH3 is 1. The normalized spacial score (nSPS) is 16.9. The molecule has 2 aromatic carbocycles. The van der Waals surface area contributed by atoms with Crippen LogP contribution in [-0.2, 0) is 29.2 Å². The van der Waals surface area contributed by atoms with Gasteiger partial charge in [0, 0.05) is 25.6 Å². The molecule has 29 heavy (non-hydrogen) atoms. The van der Waals surface area contributed by atoms with Crippen LogP contribution in [0.2, 0.25) is 0 Å². The Hall–Kier alpha value is -2.57. The minimum Gasteiger partial charge on any atom is -0.497 e. The lowest BCUT2D eigenvalue weighted by molar-refractivity contribution is -0.130. The molecule has 0 saturated carbocycles. The van der Waals surface area contributed by atoms with Gasteiger partial charge in [-0.3, -0.25) is 4.79 Å². The first-order chi connectivity index (χ1) is 13.9. The van der Waals surface area contributed by atoms with Crippen molar-refractivity contribution in [2.45, 2.75) is 39.1 Å². The molecule has 0 aliphatic carbocycles. The van der Waals surface area contributed by atoms with Gasteiger partial charge in [-0.2, -0.15) is 0 Å². The monoisotopic (exact) mass is 418 g/mol. The Balaban J connectivity index is 1.71. The molecule has 1 heterocycles. The highest BCUT2D eigenvalue weighted by Crippen LogP contribution is 2.30. The zero-order chi connectivity index (χ0) is 21.0. The van der Waals surface area contributed by atoms with Crippen molar-refractivity contribution < 1.29 is 18.7 Å². The Morgan fingerprint density at radius 2 is 1.93 bits per heavy atom. The number of carbonyl (C=O) groups is 1. The molecule has 1 aliphatic rings. The van der Waals surface area contributed by atoms with E-state index in [0.717, 1.165) is 16.9 Å². The Morgan fingerprint density at radius 1 is 1.21 bits per heavy atom. The maximum Gasteiger partial charge on any atom is 0.269 e. The molecule has 0 saturated heterocycles. The number of carbonyl (C=O) groups excluding carboxylic acids is 1. The van der Waals surface area contributed by atoms with E-state index in [2.05, 4.69) is 0 Å². The minimum absolute atomic E-state index is 0.0769. The summed E-state index contributed by atoms with van der Waals surface area (Å²) >= 11 is 6.33. The fraction of sp³-hybridized carbons (Fsp3) is 0.318. The van der Waals surface area contributed by atoms with Crippen LogP contribution < -0.4 is 10.5 Å². The number of hydrogen-bond donors (Lipinski definition) is 1. The number of benzene rings is 2. The summed E-state index contributed by atoms with van der Waals surface area (Å²) in [6.45, 7) is 2.78. The molecule has 154 valence electrons. The summed E-state index contributed by atoms with van der Waals surface area (Å²) in [5.74, 6) is 0.594. The molecule has 0 radical (unpaired) electrons. The van der Waals surface area contributed by atoms with Crippen molar-refractivity contribution in [1.82, 2.24) is 4.90 Å². The van der Waals surface area contributed by atoms with Crippen molar-refractivity contribution >= 4 is 17.5 Å². The summed E-state index contributed by atoms with van der Waals surface area (Å²) in [5, 5.41) is 0.0769. The van der Waals surface area contributed by atoms with Gasteiger partial charge in [0.2, 0.25) is 0 Å². The largest absolute Gasteiger partial charge is 0.497 e. The van der Waals surface area contributed by atoms with E-state index in [4.69, 9.17) is 26.8 Å². The van der Waals surface area contributed by atoms with E-state index in [0.29, 0.717) is 24.3 Å². The molecule has 0 bridgehead atoms. The number of ether oxygens (including phenoxy) is 2. The van der Waals surface area contributed by atoms with Gasteiger partial charge in [0.05, 0.1) is 7.11 Å². The van der Waals surface area contributed by atoms with E-state index >= 15 is 0 Å². The second kappa shape index (κ2) is 9.29. The van der Waals surface area contributed by atoms with Gasteiger partial charge >= 0.3 is 0 Å². The summed E-state index contributed by atoms with van der Waals surface area (Å²) in [6.07, 6.45) is 0.500. The Bertz CT molecular complexity index is 915. The van der Waals surface area contributed by atoms with Crippen LogP contribution in [0.1, 0.15) is 30.0 Å². The van der Waals surface area contributed by atoms with Gasteiger partial charge in [-0.05, 0) is 47.9 Å². The molecular weight excluding hydrogens is 395 g/mol. The number of halogens is 2. The number of rotatable bonds is 7. The van der Waals surface area contributed by atoms with Crippen molar-refractivity contribution in [2.75, 3.05) is 7.11 Å². The second-order valence-electron chi connectivity index (χ2n) is 6.98. The first-order valence-electron chi connectivity index (χ1n) is 9.35. The molecule has 7 heteroatoms. The van der Waals surface area contributed by atoms with Gasteiger partial charge in [0.15, 0.2) is 0 Å². The predicted octanol–water partition coefficient (Wildman–Crippen LogP) is 4.08. The van der Waals surface area contributed by atoms with Crippen molar-refractivity contribution in [3.05, 3.63) is 75.8 Å². The standard InChI is InChI=1S/C22H24ClFN2O3/c1-14-9-20(29-13-16-5-6-18(24)10-17(16)11-25)21(23)22(27)26(14)12-15-3-7-19(28-2)8-4-15/h3-8,10,14H,9,11-13,25H2,1-2H3. The number of nitrogens with zero attached hydrogens (tertiary/aromatic N) is 1. The van der Waals surface area contributed by atoms with Crippen molar-refractivity contribution in [1.29, 1.82) is 0 Å². The molecule has 0 fully saturated rings. The Kier molecular flexibility index (Phi) is 6.77. The van der Waals surface area contributed by atoms with Crippen LogP contribution >= 0.6 is 11.6 Å². The fourth-order valence-corrected chi connectivity index (χ4v) is 3.52. The summed E-state index contributed by atoms with van der Waals surface area (Å²) < 4.78 is 24.4. The zero-order valence-electron chi connectivity index (χ0n) is 16.5. The van der Waals surface area contributed by atoms with Crippen LogP contribution in [0, 0.1) is 5.82 Å². The van der Waals surface area contributed by atoms with Gasteiger partial charge in [-0.1, -0.05) is 29.8 Å². The highest BCUT2D eigenvalue weighted by molar-refractivity contribution is 6.42. The number of hydrogen-bond acceptors (Lipinski definition) is 4. The third-order valence-corrected chi connectivity index (χ3v) is 5.38. The lowest BCUT2D eigenvalue weighted by Crippen LogP contribution is -2.42. The van der Waals surface area contributed by atoms with Gasteiger partial charge in [-0.25, -0.2) is 4.39 Å². The molecule has 2 N–H and O–H groups in total. The second-order valence-corrected chi connectivity index (χ2v) is 7.36. The van der Waals surface area contributed by atoms with E-state index in [9.17, 15) is 9.18 Å². The maximum absolute atomic E-state index is 13.4. The predicted molar refractivity (Wildman–Crippen MR) is 110 cm³/mol. The number of amides is 1. The third-order valence-electron chi connectivity index (χ3n) is 5.01. The summed E-state index contributed by atoms with van der Waals surface area (Å²) in [4.78, 5) is 14.5. The molecule has 0 aromatic heterocycles. The van der Waals surface area contributed by atoms with Crippen LogP contribution in [0.25, 0.3) is 0 Å². The summed E-state index contributed by atoms with van der Waals surface area (Å²) in [7, 11) is 1.61. The molecule has 5 nitrogen and oxygen atoms in total. The summed E-state index contributed by atoms with van der Waals surface area (Å²) in [5.41, 5.74) is 8.10. The highest BCUT2D eigenvalue weighted by atomic mass is 35.5. The average Bonchev–Trinajstić information content (AvgIpc) is 2.73. The highest BCUT2D eigenvalue weighted by Gasteiger charge is 2.32. The van der Waals surface area contributed by atoms with Crippen molar-refractivity contribution in [3.8, 4) is 5.75 Å². The van der Waals surface area contributed by atoms with Gasteiger partial charge in [0.25, 0.3) is 5.91 Å². The zero-order valence-corrected chi connectivity index (χ0v) is 17.2.